The van der Waals surface area contributed by atoms with Crippen molar-refractivity contribution in [1.29, 1.82) is 0 Å². The molecule has 0 saturated carbocycles. The molecule has 1 atom stereocenters. The Morgan fingerprint density at radius 1 is 1.30 bits per heavy atom. The summed E-state index contributed by atoms with van der Waals surface area (Å²) < 4.78 is 39.5. The summed E-state index contributed by atoms with van der Waals surface area (Å²) in [5.74, 6) is 0. The molecule has 23 heavy (non-hydrogen) atoms. The topological polar surface area (TPSA) is 66.3 Å². The first-order chi connectivity index (χ1) is 10.8. The summed E-state index contributed by atoms with van der Waals surface area (Å²) in [7, 11) is 1.75. The van der Waals surface area contributed by atoms with Crippen LogP contribution in [0.15, 0.2) is 42.6 Å². The molecular weight excluding hydrogens is 311 g/mol. The Morgan fingerprint density at radius 3 is 2.65 bits per heavy atom. The van der Waals surface area contributed by atoms with Crippen LogP contribution in [0.25, 0.3) is 0 Å². The Bertz CT molecular complexity index is 683. The van der Waals surface area contributed by atoms with Crippen molar-refractivity contribution < 1.29 is 23.1 Å². The minimum Gasteiger partial charge on any atom is -0.385 e. The number of carbonyl (C=O) groups is 1. The lowest BCUT2D eigenvalue weighted by Crippen LogP contribution is -2.32. The Kier molecular flexibility index (Phi) is 4.95. The molecule has 0 aliphatic rings. The third-order valence-corrected chi connectivity index (χ3v) is 3.23. The van der Waals surface area contributed by atoms with E-state index in [4.69, 9.17) is 0 Å². The number of halogens is 3. The number of benzene rings is 1. The van der Waals surface area contributed by atoms with E-state index in [1.54, 1.807) is 29.9 Å². The summed E-state index contributed by atoms with van der Waals surface area (Å²) in [6, 6.07) is 7.07. The molecule has 1 heterocycles. The highest BCUT2D eigenvalue weighted by Gasteiger charge is 2.30. The summed E-state index contributed by atoms with van der Waals surface area (Å²) in [5.41, 5.74) is -0.214. The van der Waals surface area contributed by atoms with Crippen LogP contribution in [0.3, 0.4) is 0 Å². The van der Waals surface area contributed by atoms with Crippen LogP contribution in [0.4, 0.5) is 23.7 Å². The quantitative estimate of drug-likeness (QED) is 0.808. The number of rotatable bonds is 4. The van der Waals surface area contributed by atoms with Crippen LogP contribution >= 0.6 is 0 Å². The van der Waals surface area contributed by atoms with Gasteiger partial charge in [0.25, 0.3) is 0 Å². The van der Waals surface area contributed by atoms with E-state index in [0.717, 1.165) is 12.1 Å². The van der Waals surface area contributed by atoms with Gasteiger partial charge in [0.15, 0.2) is 0 Å². The second-order valence-corrected chi connectivity index (χ2v) is 4.97. The van der Waals surface area contributed by atoms with Crippen molar-refractivity contribution in [3.63, 3.8) is 0 Å². The van der Waals surface area contributed by atoms with E-state index in [2.05, 4.69) is 10.6 Å². The number of nitrogens with zero attached hydrogens (tertiary/aromatic N) is 1. The van der Waals surface area contributed by atoms with Gasteiger partial charge in [0, 0.05) is 24.6 Å². The number of amides is 2. The van der Waals surface area contributed by atoms with Crippen molar-refractivity contribution in [2.45, 2.75) is 12.3 Å². The number of carbonyl (C=O) groups excluding carboxylic acids is 1. The normalized spacial score (nSPS) is 12.7. The maximum absolute atomic E-state index is 12.6. The zero-order valence-electron chi connectivity index (χ0n) is 12.3. The number of alkyl halides is 3. The molecule has 0 saturated heterocycles. The summed E-state index contributed by atoms with van der Waals surface area (Å²) in [5, 5.41) is 14.7. The third-order valence-electron chi connectivity index (χ3n) is 3.23. The number of aromatic nitrogens is 1. The largest absolute Gasteiger partial charge is 0.416 e. The maximum Gasteiger partial charge on any atom is 0.416 e. The number of hydrogen-bond acceptors (Lipinski definition) is 2. The van der Waals surface area contributed by atoms with Crippen molar-refractivity contribution in [2.24, 2.45) is 7.05 Å². The van der Waals surface area contributed by atoms with Crippen LogP contribution in [0, 0.1) is 0 Å². The van der Waals surface area contributed by atoms with E-state index < -0.39 is 23.9 Å². The smallest absolute Gasteiger partial charge is 0.385 e. The molecular formula is C15H16F3N3O2. The lowest BCUT2D eigenvalue weighted by molar-refractivity contribution is -0.137. The Balaban J connectivity index is 1.91. The minimum absolute atomic E-state index is 0.0191. The second kappa shape index (κ2) is 6.74. The van der Waals surface area contributed by atoms with Crippen molar-refractivity contribution in [3.05, 3.63) is 53.9 Å². The zero-order valence-corrected chi connectivity index (χ0v) is 12.3. The van der Waals surface area contributed by atoms with E-state index in [-0.39, 0.29) is 12.2 Å². The van der Waals surface area contributed by atoms with Crippen LogP contribution in [-0.2, 0) is 13.2 Å². The van der Waals surface area contributed by atoms with Crippen LogP contribution in [0.1, 0.15) is 17.4 Å². The highest BCUT2D eigenvalue weighted by Crippen LogP contribution is 2.30. The van der Waals surface area contributed by atoms with Gasteiger partial charge in [-0.3, -0.25) is 0 Å². The van der Waals surface area contributed by atoms with Gasteiger partial charge in [-0.25, -0.2) is 4.79 Å². The highest BCUT2D eigenvalue weighted by atomic mass is 19.4. The van der Waals surface area contributed by atoms with E-state index >= 15 is 0 Å². The lowest BCUT2D eigenvalue weighted by atomic mass is 10.2. The SMILES string of the molecule is Cn1cccc1[C@H](O)CNC(=O)Nc1cccc(C(F)(F)F)c1. The number of nitrogens with one attached hydrogen (secondary N) is 2. The molecule has 1 aromatic carbocycles. The summed E-state index contributed by atoms with van der Waals surface area (Å²) in [4.78, 5) is 11.7. The van der Waals surface area contributed by atoms with Gasteiger partial charge in [-0.2, -0.15) is 13.2 Å². The molecule has 2 amide bonds. The Morgan fingerprint density at radius 2 is 2.04 bits per heavy atom. The van der Waals surface area contributed by atoms with Crippen molar-refractivity contribution in [3.8, 4) is 0 Å². The van der Waals surface area contributed by atoms with Crippen LogP contribution in [-0.4, -0.2) is 22.2 Å². The fourth-order valence-corrected chi connectivity index (χ4v) is 2.06. The standard InChI is InChI=1S/C15H16F3N3O2/c1-21-7-3-6-12(21)13(22)9-19-14(23)20-11-5-2-4-10(8-11)15(16,17)18/h2-8,13,22H,9H2,1H3,(H2,19,20,23)/t13-/m1/s1. The van der Waals surface area contributed by atoms with Gasteiger partial charge in [-0.1, -0.05) is 6.07 Å². The van der Waals surface area contributed by atoms with Crippen molar-refractivity contribution in [2.75, 3.05) is 11.9 Å². The summed E-state index contributed by atoms with van der Waals surface area (Å²) in [6.07, 6.45) is -3.64. The highest BCUT2D eigenvalue weighted by molar-refractivity contribution is 5.89. The average molecular weight is 327 g/mol. The predicted octanol–water partition coefficient (Wildman–Crippen LogP) is 2.90. The number of aliphatic hydroxyl groups is 1. The molecule has 2 aromatic rings. The molecule has 0 fully saturated rings. The van der Waals surface area contributed by atoms with E-state index in [1.807, 2.05) is 0 Å². The van der Waals surface area contributed by atoms with E-state index in [0.29, 0.717) is 5.69 Å². The summed E-state index contributed by atoms with van der Waals surface area (Å²) >= 11 is 0. The van der Waals surface area contributed by atoms with E-state index in [9.17, 15) is 23.1 Å². The molecule has 1 aromatic heterocycles. The molecule has 124 valence electrons. The van der Waals surface area contributed by atoms with Crippen molar-refractivity contribution in [1.82, 2.24) is 9.88 Å². The maximum atomic E-state index is 12.6. The van der Waals surface area contributed by atoms with Crippen molar-refractivity contribution >= 4 is 11.7 Å². The molecule has 0 aliphatic carbocycles. The monoisotopic (exact) mass is 327 g/mol. The number of hydrogen-bond donors (Lipinski definition) is 3. The molecule has 0 bridgehead atoms. The van der Waals surface area contributed by atoms with Gasteiger partial charge in [-0.15, -0.1) is 0 Å². The van der Waals surface area contributed by atoms with Gasteiger partial charge >= 0.3 is 12.2 Å². The second-order valence-electron chi connectivity index (χ2n) is 4.97. The molecule has 5 nitrogen and oxygen atoms in total. The fourth-order valence-electron chi connectivity index (χ4n) is 2.06. The molecule has 2 rings (SSSR count). The van der Waals surface area contributed by atoms with Crippen LogP contribution in [0.5, 0.6) is 0 Å². The first kappa shape index (κ1) is 16.9. The fraction of sp³-hybridized carbons (Fsp3) is 0.267. The van der Waals surface area contributed by atoms with Gasteiger partial charge in [0.1, 0.15) is 6.10 Å². The number of anilines is 1. The third kappa shape index (κ3) is 4.49. The Labute approximate surface area is 130 Å². The summed E-state index contributed by atoms with van der Waals surface area (Å²) in [6.45, 7) is -0.0668. The van der Waals surface area contributed by atoms with E-state index in [1.165, 1.54) is 12.1 Å². The zero-order chi connectivity index (χ0) is 17.0. The van der Waals surface area contributed by atoms with Gasteiger partial charge in [0.05, 0.1) is 12.1 Å². The van der Waals surface area contributed by atoms with Gasteiger partial charge in [0.2, 0.25) is 0 Å². The minimum atomic E-state index is -4.48. The first-order valence-corrected chi connectivity index (χ1v) is 6.79. The van der Waals surface area contributed by atoms with Crippen LogP contribution < -0.4 is 10.6 Å². The van der Waals surface area contributed by atoms with Gasteiger partial charge < -0.3 is 20.3 Å². The predicted molar refractivity (Wildman–Crippen MR) is 78.8 cm³/mol. The molecule has 0 radical (unpaired) electrons. The number of urea groups is 1. The molecule has 0 aliphatic heterocycles. The first-order valence-electron chi connectivity index (χ1n) is 6.79. The van der Waals surface area contributed by atoms with Gasteiger partial charge in [-0.05, 0) is 30.3 Å². The molecule has 0 spiro atoms. The number of aliphatic hydroxyl groups excluding tert-OH is 1. The van der Waals surface area contributed by atoms with Crippen LogP contribution in [0.2, 0.25) is 0 Å². The molecule has 3 N–H and O–H groups in total. The lowest BCUT2D eigenvalue weighted by Gasteiger charge is -2.14. The molecule has 0 unspecified atom stereocenters. The number of aryl methyl sites for hydroxylation is 1. The Hall–Kier alpha value is -2.48. The average Bonchev–Trinajstić information content (AvgIpc) is 2.90. The molecule has 8 heteroatoms.